The number of carbonyl (C=O) groups excluding carboxylic acids is 1. The molecule has 0 aliphatic heterocycles. The fourth-order valence-electron chi connectivity index (χ4n) is 1.64. The Bertz CT molecular complexity index is 627. The topological polar surface area (TPSA) is 47.8 Å². The summed E-state index contributed by atoms with van der Waals surface area (Å²) < 4.78 is 27.7. The molecular weight excluding hydrogens is 320 g/mol. The number of halogens is 3. The van der Waals surface area contributed by atoms with E-state index in [-0.39, 0.29) is 15.9 Å². The maximum absolute atomic E-state index is 13.4. The molecule has 0 spiro atoms. The van der Waals surface area contributed by atoms with Crippen LogP contribution in [0.2, 0.25) is 0 Å². The van der Waals surface area contributed by atoms with Crippen LogP contribution in [0.4, 0.5) is 8.78 Å². The van der Waals surface area contributed by atoms with Crippen LogP contribution in [0.5, 0.6) is 0 Å². The summed E-state index contributed by atoms with van der Waals surface area (Å²) in [6, 6.07) is 2.13. The lowest BCUT2D eigenvalue weighted by Gasteiger charge is -2.06. The van der Waals surface area contributed by atoms with Gasteiger partial charge < -0.3 is 0 Å². The number of carbonyl (C=O) groups is 1. The van der Waals surface area contributed by atoms with E-state index >= 15 is 0 Å². The second-order valence-electron chi connectivity index (χ2n) is 3.86. The molecule has 0 atom stereocenters. The third-order valence-corrected chi connectivity index (χ3v) is 3.31. The Morgan fingerprint density at radius 3 is 2.84 bits per heavy atom. The minimum atomic E-state index is -1.09. The van der Waals surface area contributed by atoms with Crippen LogP contribution in [0, 0.1) is 11.6 Å². The van der Waals surface area contributed by atoms with E-state index in [1.807, 2.05) is 6.92 Å². The molecule has 0 aliphatic carbocycles. The highest BCUT2D eigenvalue weighted by Gasteiger charge is 2.21. The molecule has 0 amide bonds. The molecule has 0 N–H and O–H groups in total. The van der Waals surface area contributed by atoms with Gasteiger partial charge in [0.2, 0.25) is 5.78 Å². The van der Waals surface area contributed by atoms with Gasteiger partial charge in [0.1, 0.15) is 6.33 Å². The second-order valence-corrected chi connectivity index (χ2v) is 4.65. The van der Waals surface area contributed by atoms with Crippen LogP contribution in [0.15, 0.2) is 22.9 Å². The largest absolute Gasteiger partial charge is 0.285 e. The minimum absolute atomic E-state index is 0.0178. The molecule has 2 aromatic rings. The van der Waals surface area contributed by atoms with Crippen molar-refractivity contribution in [1.82, 2.24) is 14.8 Å². The van der Waals surface area contributed by atoms with Crippen molar-refractivity contribution in [2.45, 2.75) is 19.9 Å². The SMILES string of the molecule is CCCn1ncnc1C(=O)c1ccc(F)c(F)c1Br. The van der Waals surface area contributed by atoms with Crippen LogP contribution in [-0.2, 0) is 6.54 Å². The third-order valence-electron chi connectivity index (χ3n) is 2.53. The first-order valence-electron chi connectivity index (χ1n) is 5.62. The lowest BCUT2D eigenvalue weighted by atomic mass is 10.1. The Morgan fingerprint density at radius 2 is 2.16 bits per heavy atom. The number of nitrogens with zero attached hydrogens (tertiary/aromatic N) is 3. The zero-order valence-electron chi connectivity index (χ0n) is 10.0. The van der Waals surface area contributed by atoms with Crippen molar-refractivity contribution in [1.29, 1.82) is 0 Å². The summed E-state index contributed by atoms with van der Waals surface area (Å²) in [7, 11) is 0. The normalized spacial score (nSPS) is 10.7. The highest BCUT2D eigenvalue weighted by Crippen LogP contribution is 2.24. The van der Waals surface area contributed by atoms with Gasteiger partial charge >= 0.3 is 0 Å². The summed E-state index contributed by atoms with van der Waals surface area (Å²) in [6.45, 7) is 2.46. The average Bonchev–Trinajstić information content (AvgIpc) is 2.84. The monoisotopic (exact) mass is 329 g/mol. The van der Waals surface area contributed by atoms with E-state index in [4.69, 9.17) is 0 Å². The molecule has 1 aromatic carbocycles. The Hall–Kier alpha value is -1.63. The summed E-state index contributed by atoms with van der Waals surface area (Å²) in [5, 5.41) is 3.92. The van der Waals surface area contributed by atoms with Crippen LogP contribution in [-0.4, -0.2) is 20.5 Å². The van der Waals surface area contributed by atoms with Crippen molar-refractivity contribution in [3.8, 4) is 0 Å². The lowest BCUT2D eigenvalue weighted by molar-refractivity contribution is 0.102. The van der Waals surface area contributed by atoms with E-state index in [2.05, 4.69) is 26.0 Å². The molecule has 0 fully saturated rings. The summed E-state index contributed by atoms with van der Waals surface area (Å²) in [5.41, 5.74) is 0.0178. The molecule has 2 rings (SSSR count). The number of aryl methyl sites for hydroxylation is 1. The van der Waals surface area contributed by atoms with E-state index in [1.54, 1.807) is 0 Å². The van der Waals surface area contributed by atoms with E-state index in [0.717, 1.165) is 12.5 Å². The van der Waals surface area contributed by atoms with Crippen LogP contribution in [0.3, 0.4) is 0 Å². The second kappa shape index (κ2) is 5.56. The standard InChI is InChI=1S/C12H10BrF2N3O/c1-2-5-18-12(16-6-17-18)11(19)7-3-4-8(14)10(15)9(7)13/h3-4,6H,2,5H2,1H3. The van der Waals surface area contributed by atoms with E-state index in [1.165, 1.54) is 17.1 Å². The number of rotatable bonds is 4. The maximum Gasteiger partial charge on any atom is 0.231 e. The molecule has 0 saturated carbocycles. The van der Waals surface area contributed by atoms with Gasteiger partial charge in [-0.1, -0.05) is 6.92 Å². The van der Waals surface area contributed by atoms with Gasteiger partial charge in [-0.3, -0.25) is 4.79 Å². The molecule has 1 aromatic heterocycles. The Kier molecular flexibility index (Phi) is 4.04. The number of hydrogen-bond acceptors (Lipinski definition) is 3. The van der Waals surface area contributed by atoms with Gasteiger partial charge in [0, 0.05) is 12.1 Å². The predicted octanol–water partition coefficient (Wildman–Crippen LogP) is 2.96. The van der Waals surface area contributed by atoms with E-state index in [0.29, 0.717) is 6.54 Å². The van der Waals surface area contributed by atoms with Crippen molar-refractivity contribution in [2.24, 2.45) is 0 Å². The van der Waals surface area contributed by atoms with Gasteiger partial charge in [0.15, 0.2) is 17.5 Å². The minimum Gasteiger partial charge on any atom is -0.285 e. The molecule has 0 aliphatic rings. The summed E-state index contributed by atoms with van der Waals surface area (Å²) in [6.07, 6.45) is 2.04. The molecule has 0 radical (unpaired) electrons. The average molecular weight is 330 g/mol. The smallest absolute Gasteiger partial charge is 0.231 e. The van der Waals surface area contributed by atoms with Crippen LogP contribution >= 0.6 is 15.9 Å². The van der Waals surface area contributed by atoms with Gasteiger partial charge in [-0.15, -0.1) is 0 Å². The fourth-order valence-corrected chi connectivity index (χ4v) is 2.14. The highest BCUT2D eigenvalue weighted by atomic mass is 79.9. The van der Waals surface area contributed by atoms with E-state index < -0.39 is 17.4 Å². The number of hydrogen-bond donors (Lipinski definition) is 0. The molecule has 0 bridgehead atoms. The van der Waals surface area contributed by atoms with Crippen molar-refractivity contribution >= 4 is 21.7 Å². The number of benzene rings is 1. The maximum atomic E-state index is 13.4. The van der Waals surface area contributed by atoms with Crippen molar-refractivity contribution in [2.75, 3.05) is 0 Å². The van der Waals surface area contributed by atoms with Crippen LogP contribution < -0.4 is 0 Å². The lowest BCUT2D eigenvalue weighted by Crippen LogP contribution is -2.14. The quantitative estimate of drug-likeness (QED) is 0.640. The zero-order valence-corrected chi connectivity index (χ0v) is 11.6. The Balaban J connectivity index is 2.45. The van der Waals surface area contributed by atoms with Crippen LogP contribution in [0.25, 0.3) is 0 Å². The Labute approximate surface area is 116 Å². The summed E-state index contributed by atoms with van der Waals surface area (Å²) >= 11 is 2.89. The van der Waals surface area contributed by atoms with Gasteiger partial charge in [0.25, 0.3) is 0 Å². The number of aromatic nitrogens is 3. The van der Waals surface area contributed by atoms with Crippen molar-refractivity contribution in [3.05, 3.63) is 46.0 Å². The zero-order chi connectivity index (χ0) is 14.0. The molecule has 7 heteroatoms. The Morgan fingerprint density at radius 1 is 1.42 bits per heavy atom. The summed E-state index contributed by atoms with van der Waals surface area (Å²) in [5.74, 6) is -2.50. The predicted molar refractivity (Wildman–Crippen MR) is 67.8 cm³/mol. The molecule has 0 unspecified atom stereocenters. The molecule has 4 nitrogen and oxygen atoms in total. The van der Waals surface area contributed by atoms with Gasteiger partial charge in [0.05, 0.1) is 4.47 Å². The van der Waals surface area contributed by atoms with Crippen LogP contribution in [0.1, 0.15) is 29.5 Å². The highest BCUT2D eigenvalue weighted by molar-refractivity contribution is 9.10. The van der Waals surface area contributed by atoms with Crippen molar-refractivity contribution in [3.63, 3.8) is 0 Å². The molecule has 0 saturated heterocycles. The molecular formula is C12H10BrF2N3O. The first-order chi connectivity index (χ1) is 9.06. The third kappa shape index (κ3) is 2.56. The summed E-state index contributed by atoms with van der Waals surface area (Å²) in [4.78, 5) is 16.1. The first-order valence-corrected chi connectivity index (χ1v) is 6.41. The van der Waals surface area contributed by atoms with Gasteiger partial charge in [-0.2, -0.15) is 5.10 Å². The van der Waals surface area contributed by atoms with Gasteiger partial charge in [-0.25, -0.2) is 18.4 Å². The van der Waals surface area contributed by atoms with E-state index in [9.17, 15) is 13.6 Å². The molecule has 1 heterocycles. The molecule has 19 heavy (non-hydrogen) atoms. The first kappa shape index (κ1) is 13.8. The van der Waals surface area contributed by atoms with Crippen molar-refractivity contribution < 1.29 is 13.6 Å². The molecule has 100 valence electrons. The van der Waals surface area contributed by atoms with Gasteiger partial charge in [-0.05, 0) is 34.5 Å². The number of ketones is 1. The fraction of sp³-hybridized carbons (Fsp3) is 0.250.